The van der Waals surface area contributed by atoms with Crippen LogP contribution in [0.2, 0.25) is 0 Å². The minimum absolute atomic E-state index is 0.0289. The molecule has 0 spiro atoms. The summed E-state index contributed by atoms with van der Waals surface area (Å²) in [5, 5.41) is 0. The van der Waals surface area contributed by atoms with E-state index in [9.17, 15) is 8.42 Å². The molecule has 0 aromatic heterocycles. The Balaban J connectivity index is 0.000000293. The lowest BCUT2D eigenvalue weighted by Gasteiger charge is -2.15. The monoisotopic (exact) mass is 250 g/mol. The van der Waals surface area contributed by atoms with Crippen molar-refractivity contribution in [1.29, 1.82) is 0 Å². The van der Waals surface area contributed by atoms with Crippen LogP contribution in [0, 0.1) is 0 Å². The van der Waals surface area contributed by atoms with E-state index < -0.39 is 10.4 Å². The van der Waals surface area contributed by atoms with E-state index in [1.165, 1.54) is 6.92 Å². The van der Waals surface area contributed by atoms with Gasteiger partial charge in [0.25, 0.3) is 0 Å². The Labute approximate surface area is 96.8 Å². The van der Waals surface area contributed by atoms with Crippen molar-refractivity contribution in [2.45, 2.75) is 13.8 Å². The van der Waals surface area contributed by atoms with Crippen LogP contribution in [0.25, 0.3) is 0 Å². The van der Waals surface area contributed by atoms with Crippen molar-refractivity contribution in [2.24, 2.45) is 0 Å². The second-order valence-corrected chi connectivity index (χ2v) is 3.97. The summed E-state index contributed by atoms with van der Waals surface area (Å²) in [6, 6.07) is 0. The normalized spacial score (nSPS) is 14.7. The summed E-state index contributed by atoms with van der Waals surface area (Å²) >= 11 is 0. The highest BCUT2D eigenvalue weighted by molar-refractivity contribution is 7.80. The van der Waals surface area contributed by atoms with E-state index in [4.69, 9.17) is 4.55 Å². The Kier molecular flexibility index (Phi) is 6.78. The molecule has 0 saturated carbocycles. The van der Waals surface area contributed by atoms with Crippen LogP contribution < -0.4 is 0 Å². The van der Waals surface area contributed by atoms with Crippen LogP contribution >= 0.6 is 0 Å². The van der Waals surface area contributed by atoms with E-state index in [0.717, 1.165) is 13.2 Å². The first kappa shape index (κ1) is 14.9. The third kappa shape index (κ3) is 7.27. The maximum Gasteiger partial charge on any atom is 0.397 e. The van der Waals surface area contributed by atoms with Gasteiger partial charge in [0, 0.05) is 18.9 Å². The zero-order chi connectivity index (χ0) is 12.6. The summed E-state index contributed by atoms with van der Waals surface area (Å²) in [5.74, 6) is 0. The molecular weight excluding hydrogens is 232 g/mol. The minimum Gasteiger partial charge on any atom is -0.359 e. The molecule has 94 valence electrons. The molecule has 0 amide bonds. The van der Waals surface area contributed by atoms with Crippen LogP contribution in [0.15, 0.2) is 25.2 Å². The van der Waals surface area contributed by atoms with E-state index in [2.05, 4.69) is 28.8 Å². The highest BCUT2D eigenvalue weighted by atomic mass is 32.3. The summed E-state index contributed by atoms with van der Waals surface area (Å²) in [7, 11) is -4.17. The molecule has 0 atom stereocenters. The van der Waals surface area contributed by atoms with Crippen LogP contribution in [0.5, 0.6) is 0 Å². The lowest BCUT2D eigenvalue weighted by Crippen LogP contribution is -2.20. The first-order chi connectivity index (χ1) is 7.42. The van der Waals surface area contributed by atoms with Gasteiger partial charge < -0.3 is 9.80 Å². The average molecular weight is 250 g/mol. The highest BCUT2D eigenvalue weighted by Crippen LogP contribution is 2.04. The molecule has 1 N–H and O–H groups in total. The van der Waals surface area contributed by atoms with Gasteiger partial charge in [-0.1, -0.05) is 6.58 Å². The van der Waals surface area contributed by atoms with Crippen molar-refractivity contribution in [3.63, 3.8) is 0 Å². The van der Waals surface area contributed by atoms with Crippen molar-refractivity contribution in [3.05, 3.63) is 25.2 Å². The molecule has 0 aromatic rings. The predicted octanol–water partition coefficient (Wildman–Crippen LogP) is 1.02. The van der Waals surface area contributed by atoms with Gasteiger partial charge >= 0.3 is 10.4 Å². The largest absolute Gasteiger partial charge is 0.397 e. The second-order valence-electron chi connectivity index (χ2n) is 2.88. The Hall–Kier alpha value is -1.05. The zero-order valence-electron chi connectivity index (χ0n) is 9.54. The van der Waals surface area contributed by atoms with Gasteiger partial charge in [-0.25, -0.2) is 4.18 Å². The molecular formula is C9H18N2O4S. The van der Waals surface area contributed by atoms with Crippen molar-refractivity contribution in [2.75, 3.05) is 19.8 Å². The third-order valence-electron chi connectivity index (χ3n) is 1.72. The van der Waals surface area contributed by atoms with Crippen LogP contribution in [-0.2, 0) is 14.6 Å². The van der Waals surface area contributed by atoms with Gasteiger partial charge in [0.15, 0.2) is 0 Å². The van der Waals surface area contributed by atoms with Gasteiger partial charge in [0.1, 0.15) is 0 Å². The fraction of sp³-hybridized carbons (Fsp3) is 0.556. The van der Waals surface area contributed by atoms with Gasteiger partial charge in [-0.3, -0.25) is 4.55 Å². The molecule has 0 radical (unpaired) electrons. The molecule has 1 heterocycles. The quantitative estimate of drug-likeness (QED) is 0.751. The number of nitrogens with zero attached hydrogens (tertiary/aromatic N) is 2. The molecule has 0 fully saturated rings. The van der Waals surface area contributed by atoms with Gasteiger partial charge in [0.05, 0.1) is 13.3 Å². The second kappa shape index (κ2) is 7.26. The molecule has 1 rings (SSSR count). The number of hydrogen-bond donors (Lipinski definition) is 1. The van der Waals surface area contributed by atoms with Crippen molar-refractivity contribution in [3.8, 4) is 0 Å². The smallest absolute Gasteiger partial charge is 0.359 e. The molecule has 0 bridgehead atoms. The van der Waals surface area contributed by atoms with E-state index in [1.54, 1.807) is 0 Å². The van der Waals surface area contributed by atoms with E-state index >= 15 is 0 Å². The molecule has 16 heavy (non-hydrogen) atoms. The average Bonchev–Trinajstić information content (AvgIpc) is 2.64. The lowest BCUT2D eigenvalue weighted by atomic mass is 10.6. The fourth-order valence-corrected chi connectivity index (χ4v) is 1.25. The molecule has 7 heteroatoms. The highest BCUT2D eigenvalue weighted by Gasteiger charge is 2.05. The van der Waals surface area contributed by atoms with E-state index in [0.29, 0.717) is 0 Å². The van der Waals surface area contributed by atoms with Gasteiger partial charge in [-0.05, 0) is 20.0 Å². The van der Waals surface area contributed by atoms with E-state index in [1.807, 2.05) is 17.3 Å². The molecule has 6 nitrogen and oxygen atoms in total. The Morgan fingerprint density at radius 2 is 2.12 bits per heavy atom. The van der Waals surface area contributed by atoms with Crippen LogP contribution in [-0.4, -0.2) is 42.6 Å². The molecule has 0 aromatic carbocycles. The standard InChI is InChI=1S/C7H12N2.C2H6O4S/c1-3-8-5-6-9(4-2)7-8;1-2-6-7(3,4)5/h3,5-6H,1,4,7H2,2H3;2H2,1H3,(H,3,4,5). The summed E-state index contributed by atoms with van der Waals surface area (Å²) in [4.78, 5) is 4.26. The third-order valence-corrected chi connectivity index (χ3v) is 2.25. The number of hydrogen-bond acceptors (Lipinski definition) is 5. The number of rotatable bonds is 4. The summed E-state index contributed by atoms with van der Waals surface area (Å²) in [6.45, 7) is 9.26. The van der Waals surface area contributed by atoms with Gasteiger partial charge in [0.2, 0.25) is 0 Å². The summed E-state index contributed by atoms with van der Waals surface area (Å²) in [6.07, 6.45) is 5.92. The van der Waals surface area contributed by atoms with Gasteiger partial charge in [-0.2, -0.15) is 8.42 Å². The summed E-state index contributed by atoms with van der Waals surface area (Å²) in [5.41, 5.74) is 0. The van der Waals surface area contributed by atoms with Crippen LogP contribution in [0.1, 0.15) is 13.8 Å². The molecule has 0 saturated heterocycles. The summed E-state index contributed by atoms with van der Waals surface area (Å²) < 4.78 is 30.7. The molecule has 0 aliphatic carbocycles. The molecule has 1 aliphatic heterocycles. The fourth-order valence-electron chi connectivity index (χ4n) is 0.957. The topological polar surface area (TPSA) is 70.1 Å². The maximum absolute atomic E-state index is 9.56. The maximum atomic E-state index is 9.56. The minimum atomic E-state index is -4.17. The SMILES string of the molecule is C=CN1C=CN(CC)C1.CCOS(=O)(=O)O. The van der Waals surface area contributed by atoms with Gasteiger partial charge in [-0.15, -0.1) is 0 Å². The van der Waals surface area contributed by atoms with Crippen LogP contribution in [0.4, 0.5) is 0 Å². The van der Waals surface area contributed by atoms with Crippen LogP contribution in [0.3, 0.4) is 0 Å². The zero-order valence-corrected chi connectivity index (χ0v) is 10.4. The Morgan fingerprint density at radius 1 is 1.50 bits per heavy atom. The van der Waals surface area contributed by atoms with Crippen molar-refractivity contribution < 1.29 is 17.2 Å². The first-order valence-electron chi connectivity index (χ1n) is 4.85. The van der Waals surface area contributed by atoms with Crippen molar-refractivity contribution >= 4 is 10.4 Å². The predicted molar refractivity (Wildman–Crippen MR) is 61.6 cm³/mol. The van der Waals surface area contributed by atoms with Crippen molar-refractivity contribution in [1.82, 2.24) is 9.80 Å². The Morgan fingerprint density at radius 3 is 2.31 bits per heavy atom. The van der Waals surface area contributed by atoms with E-state index in [-0.39, 0.29) is 6.61 Å². The molecule has 0 unspecified atom stereocenters. The lowest BCUT2D eigenvalue weighted by molar-refractivity contribution is 0.283. The molecule has 1 aliphatic rings. The first-order valence-corrected chi connectivity index (χ1v) is 6.22. The Bertz CT molecular complexity index is 326.